The van der Waals surface area contributed by atoms with E-state index >= 15 is 0 Å². The van der Waals surface area contributed by atoms with Gasteiger partial charge in [-0.05, 0) is 23.3 Å². The van der Waals surface area contributed by atoms with Crippen molar-refractivity contribution >= 4 is 29.2 Å². The maximum atomic E-state index is 12.0. The van der Waals surface area contributed by atoms with E-state index in [0.717, 1.165) is 11.1 Å². The number of carbonyl (C=O) groups excluding carboxylic acids is 2. The number of imide groups is 1. The Morgan fingerprint density at radius 3 is 2.50 bits per heavy atom. The molecule has 0 radical (unpaired) electrons. The second kappa shape index (κ2) is 3.38. The molecule has 0 saturated carbocycles. The minimum atomic E-state index is -0.809. The van der Waals surface area contributed by atoms with Gasteiger partial charge in [-0.3, -0.25) is 10.1 Å². The molecule has 1 aromatic rings. The van der Waals surface area contributed by atoms with E-state index in [4.69, 9.17) is 17.3 Å². The van der Waals surface area contributed by atoms with Crippen LogP contribution in [0.1, 0.15) is 11.1 Å². The van der Waals surface area contributed by atoms with Gasteiger partial charge in [0.1, 0.15) is 5.54 Å². The Hall–Kier alpha value is -1.75. The number of hydrogen-bond donors (Lipinski definition) is 2. The summed E-state index contributed by atoms with van der Waals surface area (Å²) in [7, 11) is 1.64. The van der Waals surface area contributed by atoms with Crippen molar-refractivity contribution in [1.29, 1.82) is 0 Å². The van der Waals surface area contributed by atoms with E-state index in [1.807, 2.05) is 0 Å². The van der Waals surface area contributed by atoms with Gasteiger partial charge in [0, 0.05) is 19.9 Å². The van der Waals surface area contributed by atoms with Gasteiger partial charge in [0.15, 0.2) is 0 Å². The first kappa shape index (κ1) is 11.3. The summed E-state index contributed by atoms with van der Waals surface area (Å²) in [6.07, 6.45) is 0.966. The summed E-state index contributed by atoms with van der Waals surface area (Å²) >= 11 is 5.98. The molecule has 3 rings (SSSR count). The lowest BCUT2D eigenvalue weighted by Crippen LogP contribution is -2.48. The van der Waals surface area contributed by atoms with Crippen molar-refractivity contribution in [2.75, 3.05) is 12.8 Å². The van der Waals surface area contributed by atoms with Gasteiger partial charge in [0.05, 0.1) is 10.7 Å². The number of carbonyl (C=O) groups is 2. The number of hydrogen-bond acceptors (Lipinski definition) is 3. The molecular formula is C12H12ClN3O2. The molecule has 3 N–H and O–H groups in total. The zero-order valence-electron chi connectivity index (χ0n) is 9.79. The zero-order valence-corrected chi connectivity index (χ0v) is 10.5. The second-order valence-electron chi connectivity index (χ2n) is 4.85. The predicted molar refractivity (Wildman–Crippen MR) is 67.3 cm³/mol. The van der Waals surface area contributed by atoms with Gasteiger partial charge < -0.3 is 10.6 Å². The standard InChI is InChI=1S/C12H12ClN3O2/c1-16-11(18)15-10(17)12(16)4-6-2-8(13)9(14)3-7(6)5-12/h2-3H,4-5,14H2,1H3,(H,15,17,18)/t12-/m1/s1. The van der Waals surface area contributed by atoms with Crippen LogP contribution in [0.3, 0.4) is 0 Å². The second-order valence-corrected chi connectivity index (χ2v) is 5.25. The van der Waals surface area contributed by atoms with Crippen molar-refractivity contribution in [2.24, 2.45) is 0 Å². The normalized spacial score (nSPS) is 25.8. The lowest BCUT2D eigenvalue weighted by atomic mass is 9.95. The molecule has 0 bridgehead atoms. The average molecular weight is 266 g/mol. The first-order chi connectivity index (χ1) is 8.44. The molecule has 3 amide bonds. The summed E-state index contributed by atoms with van der Waals surface area (Å²) in [6.45, 7) is 0. The number of nitrogens with two attached hydrogens (primary N) is 1. The number of likely N-dealkylation sites (N-methyl/N-ethyl adjacent to an activating group) is 1. The largest absolute Gasteiger partial charge is 0.398 e. The predicted octanol–water partition coefficient (Wildman–Crippen LogP) is 0.941. The SMILES string of the molecule is CN1C(=O)NC(=O)[C@@]12Cc1cc(N)c(Cl)cc1C2. The number of halogens is 1. The van der Waals surface area contributed by atoms with Crippen LogP contribution in [0.4, 0.5) is 10.5 Å². The van der Waals surface area contributed by atoms with E-state index in [-0.39, 0.29) is 11.9 Å². The van der Waals surface area contributed by atoms with Crippen LogP contribution in [0.2, 0.25) is 5.02 Å². The zero-order chi connectivity index (χ0) is 13.1. The number of anilines is 1. The molecule has 1 aromatic carbocycles. The Morgan fingerprint density at radius 1 is 1.33 bits per heavy atom. The molecule has 5 nitrogen and oxygen atoms in total. The Bertz CT molecular complexity index is 554. The number of fused-ring (bicyclic) bond motifs is 1. The van der Waals surface area contributed by atoms with Crippen LogP contribution in [0.5, 0.6) is 0 Å². The van der Waals surface area contributed by atoms with Crippen LogP contribution in [-0.4, -0.2) is 29.4 Å². The molecule has 1 fully saturated rings. The first-order valence-corrected chi connectivity index (χ1v) is 5.98. The highest BCUT2D eigenvalue weighted by Gasteiger charge is 2.54. The minimum Gasteiger partial charge on any atom is -0.398 e. The molecule has 1 aliphatic heterocycles. The molecule has 0 unspecified atom stereocenters. The van der Waals surface area contributed by atoms with E-state index in [1.54, 1.807) is 19.2 Å². The molecule has 18 heavy (non-hydrogen) atoms. The number of rotatable bonds is 0. The number of amides is 3. The highest BCUT2D eigenvalue weighted by Crippen LogP contribution is 2.39. The van der Waals surface area contributed by atoms with E-state index in [9.17, 15) is 9.59 Å². The fraction of sp³-hybridized carbons (Fsp3) is 0.333. The Labute approximate surface area is 109 Å². The van der Waals surface area contributed by atoms with Gasteiger partial charge in [-0.1, -0.05) is 11.6 Å². The van der Waals surface area contributed by atoms with Crippen molar-refractivity contribution in [3.8, 4) is 0 Å². The van der Waals surface area contributed by atoms with E-state index < -0.39 is 5.54 Å². The van der Waals surface area contributed by atoms with Gasteiger partial charge in [-0.15, -0.1) is 0 Å². The Kier molecular flexibility index (Phi) is 2.13. The topological polar surface area (TPSA) is 75.4 Å². The van der Waals surface area contributed by atoms with Crippen molar-refractivity contribution in [2.45, 2.75) is 18.4 Å². The summed E-state index contributed by atoms with van der Waals surface area (Å²) in [5.74, 6) is -0.249. The molecule has 94 valence electrons. The molecule has 1 heterocycles. The van der Waals surface area contributed by atoms with Crippen molar-refractivity contribution < 1.29 is 9.59 Å². The lowest BCUT2D eigenvalue weighted by Gasteiger charge is -2.27. The number of benzene rings is 1. The number of nitrogens with one attached hydrogen (secondary N) is 1. The van der Waals surface area contributed by atoms with Crippen molar-refractivity contribution in [3.05, 3.63) is 28.3 Å². The third kappa shape index (κ3) is 1.28. The molecule has 1 atom stereocenters. The fourth-order valence-electron chi connectivity index (χ4n) is 2.74. The van der Waals surface area contributed by atoms with Crippen molar-refractivity contribution in [3.63, 3.8) is 0 Å². The van der Waals surface area contributed by atoms with E-state index in [1.165, 1.54) is 4.90 Å². The molecule has 6 heteroatoms. The van der Waals surface area contributed by atoms with Gasteiger partial charge in [0.25, 0.3) is 5.91 Å². The fourth-order valence-corrected chi connectivity index (χ4v) is 2.93. The van der Waals surface area contributed by atoms with Gasteiger partial charge in [-0.2, -0.15) is 0 Å². The number of nitrogen functional groups attached to an aromatic ring is 1. The van der Waals surface area contributed by atoms with Crippen LogP contribution >= 0.6 is 11.6 Å². The molecule has 1 spiro atoms. The highest BCUT2D eigenvalue weighted by atomic mass is 35.5. The number of urea groups is 1. The van der Waals surface area contributed by atoms with Crippen LogP contribution in [0.25, 0.3) is 0 Å². The van der Waals surface area contributed by atoms with Gasteiger partial charge >= 0.3 is 6.03 Å². The summed E-state index contributed by atoms with van der Waals surface area (Å²) in [5.41, 5.74) is 7.41. The van der Waals surface area contributed by atoms with E-state index in [2.05, 4.69) is 5.32 Å². The molecule has 1 aliphatic carbocycles. The monoisotopic (exact) mass is 265 g/mol. The van der Waals surface area contributed by atoms with Crippen LogP contribution in [0, 0.1) is 0 Å². The van der Waals surface area contributed by atoms with E-state index in [0.29, 0.717) is 23.6 Å². The quantitative estimate of drug-likeness (QED) is 0.541. The van der Waals surface area contributed by atoms with Crippen LogP contribution in [-0.2, 0) is 17.6 Å². The molecule has 0 aromatic heterocycles. The average Bonchev–Trinajstić information content (AvgIpc) is 2.76. The summed E-state index contributed by atoms with van der Waals surface area (Å²) in [4.78, 5) is 25.1. The maximum absolute atomic E-state index is 12.0. The van der Waals surface area contributed by atoms with Crippen LogP contribution < -0.4 is 11.1 Å². The van der Waals surface area contributed by atoms with Crippen molar-refractivity contribution in [1.82, 2.24) is 10.2 Å². The highest BCUT2D eigenvalue weighted by molar-refractivity contribution is 6.33. The molecule has 1 saturated heterocycles. The lowest BCUT2D eigenvalue weighted by molar-refractivity contribution is -0.125. The van der Waals surface area contributed by atoms with Crippen LogP contribution in [0.15, 0.2) is 12.1 Å². The Balaban J connectivity index is 2.07. The third-order valence-corrected chi connectivity index (χ3v) is 4.20. The minimum absolute atomic E-state index is 0.249. The Morgan fingerprint density at radius 2 is 1.94 bits per heavy atom. The number of nitrogens with zero attached hydrogens (tertiary/aromatic N) is 1. The first-order valence-electron chi connectivity index (χ1n) is 5.60. The third-order valence-electron chi connectivity index (χ3n) is 3.87. The summed E-state index contributed by atoms with van der Waals surface area (Å²) < 4.78 is 0. The molecular weight excluding hydrogens is 254 g/mol. The maximum Gasteiger partial charge on any atom is 0.324 e. The van der Waals surface area contributed by atoms with Gasteiger partial charge in [0.2, 0.25) is 0 Å². The smallest absolute Gasteiger partial charge is 0.324 e. The summed E-state index contributed by atoms with van der Waals surface area (Å²) in [6, 6.07) is 3.22. The van der Waals surface area contributed by atoms with Gasteiger partial charge in [-0.25, -0.2) is 4.79 Å². The summed E-state index contributed by atoms with van der Waals surface area (Å²) in [5, 5.41) is 2.83. The molecule has 2 aliphatic rings.